The fourth-order valence-corrected chi connectivity index (χ4v) is 1.89. The van der Waals surface area contributed by atoms with Crippen LogP contribution in [0.25, 0.3) is 0 Å². The van der Waals surface area contributed by atoms with Gasteiger partial charge < -0.3 is 10.1 Å². The van der Waals surface area contributed by atoms with Crippen molar-refractivity contribution >= 4 is 11.8 Å². The van der Waals surface area contributed by atoms with Crippen LogP contribution in [0.15, 0.2) is 12.1 Å². The third kappa shape index (κ3) is 5.41. The van der Waals surface area contributed by atoms with Crippen LogP contribution in [0, 0.1) is 6.92 Å². The van der Waals surface area contributed by atoms with Crippen molar-refractivity contribution in [3.05, 3.63) is 23.5 Å². The normalized spacial score (nSPS) is 10.5. The van der Waals surface area contributed by atoms with E-state index >= 15 is 0 Å². The number of aromatic nitrogens is 1. The van der Waals surface area contributed by atoms with Gasteiger partial charge in [0.25, 0.3) is 0 Å². The Hall–Kier alpha value is -0.740. The first kappa shape index (κ1) is 14.3. The summed E-state index contributed by atoms with van der Waals surface area (Å²) in [6.45, 7) is 6.59. The van der Waals surface area contributed by atoms with Crippen LogP contribution in [0.3, 0.4) is 0 Å². The van der Waals surface area contributed by atoms with Crippen LogP contribution in [-0.4, -0.2) is 30.1 Å². The zero-order chi connectivity index (χ0) is 12.5. The second kappa shape index (κ2) is 8.37. The maximum absolute atomic E-state index is 5.78. The van der Waals surface area contributed by atoms with E-state index in [2.05, 4.69) is 23.5 Å². The SMILES string of the molecule is CCNCc1nc(C)ccc1OCCCSC. The van der Waals surface area contributed by atoms with E-state index in [0.717, 1.165) is 49.0 Å². The van der Waals surface area contributed by atoms with E-state index in [0.29, 0.717) is 0 Å². The van der Waals surface area contributed by atoms with Crippen molar-refractivity contribution in [3.8, 4) is 5.75 Å². The van der Waals surface area contributed by atoms with Gasteiger partial charge in [-0.25, -0.2) is 0 Å². The predicted molar refractivity (Wildman–Crippen MR) is 74.8 cm³/mol. The number of thioether (sulfide) groups is 1. The molecule has 0 fully saturated rings. The quantitative estimate of drug-likeness (QED) is 0.723. The van der Waals surface area contributed by atoms with Crippen LogP contribution < -0.4 is 10.1 Å². The fourth-order valence-electron chi connectivity index (χ4n) is 1.48. The van der Waals surface area contributed by atoms with Crippen LogP contribution >= 0.6 is 11.8 Å². The lowest BCUT2D eigenvalue weighted by Crippen LogP contribution is -2.15. The highest BCUT2D eigenvalue weighted by Gasteiger charge is 2.05. The summed E-state index contributed by atoms with van der Waals surface area (Å²) in [7, 11) is 0. The van der Waals surface area contributed by atoms with Crippen LogP contribution in [-0.2, 0) is 6.54 Å². The van der Waals surface area contributed by atoms with Gasteiger partial charge in [-0.15, -0.1) is 0 Å². The molecule has 1 aromatic heterocycles. The van der Waals surface area contributed by atoms with Crippen molar-refractivity contribution in [1.82, 2.24) is 10.3 Å². The highest BCUT2D eigenvalue weighted by atomic mass is 32.2. The number of aryl methyl sites for hydroxylation is 1. The Morgan fingerprint density at radius 1 is 1.41 bits per heavy atom. The number of nitrogens with one attached hydrogen (secondary N) is 1. The zero-order valence-electron chi connectivity index (χ0n) is 11.0. The maximum atomic E-state index is 5.78. The number of hydrogen-bond acceptors (Lipinski definition) is 4. The molecule has 17 heavy (non-hydrogen) atoms. The molecule has 0 saturated heterocycles. The van der Waals surface area contributed by atoms with Crippen molar-refractivity contribution in [3.63, 3.8) is 0 Å². The van der Waals surface area contributed by atoms with Gasteiger partial charge in [-0.1, -0.05) is 6.92 Å². The molecule has 3 nitrogen and oxygen atoms in total. The first-order valence-electron chi connectivity index (χ1n) is 6.07. The molecule has 0 radical (unpaired) electrons. The van der Waals surface area contributed by atoms with Gasteiger partial charge in [-0.3, -0.25) is 4.98 Å². The van der Waals surface area contributed by atoms with Gasteiger partial charge in [0.05, 0.1) is 12.3 Å². The monoisotopic (exact) mass is 254 g/mol. The van der Waals surface area contributed by atoms with Gasteiger partial charge >= 0.3 is 0 Å². The van der Waals surface area contributed by atoms with Crippen LogP contribution in [0.2, 0.25) is 0 Å². The van der Waals surface area contributed by atoms with E-state index in [1.807, 2.05) is 30.8 Å². The highest BCUT2D eigenvalue weighted by molar-refractivity contribution is 7.98. The molecule has 0 atom stereocenters. The Bertz CT molecular complexity index is 331. The summed E-state index contributed by atoms with van der Waals surface area (Å²) in [5, 5.41) is 3.29. The number of rotatable bonds is 8. The van der Waals surface area contributed by atoms with Crippen LogP contribution in [0.1, 0.15) is 24.7 Å². The molecule has 0 amide bonds. The lowest BCUT2D eigenvalue weighted by Gasteiger charge is -2.11. The molecular formula is C13H22N2OS. The summed E-state index contributed by atoms with van der Waals surface area (Å²) in [6.07, 6.45) is 3.19. The third-order valence-corrected chi connectivity index (χ3v) is 3.06. The summed E-state index contributed by atoms with van der Waals surface area (Å²) in [5.74, 6) is 2.06. The van der Waals surface area contributed by atoms with Crippen molar-refractivity contribution < 1.29 is 4.74 Å². The molecule has 0 aliphatic heterocycles. The molecule has 1 rings (SSSR count). The average Bonchev–Trinajstić information content (AvgIpc) is 2.34. The smallest absolute Gasteiger partial charge is 0.142 e. The number of nitrogens with zero attached hydrogens (tertiary/aromatic N) is 1. The summed E-state index contributed by atoms with van der Waals surface area (Å²) >= 11 is 1.85. The molecule has 1 heterocycles. The standard InChI is InChI=1S/C13H22N2OS/c1-4-14-10-12-13(7-6-11(2)15-12)16-8-5-9-17-3/h6-7,14H,4-5,8-10H2,1-3H3. The maximum Gasteiger partial charge on any atom is 0.142 e. The Balaban J connectivity index is 2.55. The minimum absolute atomic E-state index is 0.769. The minimum atomic E-state index is 0.769. The molecule has 0 bridgehead atoms. The fraction of sp³-hybridized carbons (Fsp3) is 0.615. The van der Waals surface area contributed by atoms with E-state index in [-0.39, 0.29) is 0 Å². The lowest BCUT2D eigenvalue weighted by atomic mass is 10.3. The average molecular weight is 254 g/mol. The number of pyridine rings is 1. The number of ether oxygens (including phenoxy) is 1. The minimum Gasteiger partial charge on any atom is -0.492 e. The van der Waals surface area contributed by atoms with Crippen molar-refractivity contribution in [2.24, 2.45) is 0 Å². The van der Waals surface area contributed by atoms with Crippen molar-refractivity contribution in [2.75, 3.05) is 25.2 Å². The topological polar surface area (TPSA) is 34.2 Å². The number of hydrogen-bond donors (Lipinski definition) is 1. The van der Waals surface area contributed by atoms with Crippen LogP contribution in [0.4, 0.5) is 0 Å². The largest absolute Gasteiger partial charge is 0.492 e. The summed E-state index contributed by atoms with van der Waals surface area (Å²) in [5.41, 5.74) is 2.05. The van der Waals surface area contributed by atoms with E-state index in [1.54, 1.807) is 0 Å². The lowest BCUT2D eigenvalue weighted by molar-refractivity contribution is 0.312. The first-order chi connectivity index (χ1) is 8.27. The Morgan fingerprint density at radius 3 is 2.94 bits per heavy atom. The Labute approximate surface area is 108 Å². The van der Waals surface area contributed by atoms with E-state index in [1.165, 1.54) is 0 Å². The predicted octanol–water partition coefficient (Wildman–Crippen LogP) is 2.63. The molecule has 4 heteroatoms. The molecular weight excluding hydrogens is 232 g/mol. The first-order valence-corrected chi connectivity index (χ1v) is 7.46. The van der Waals surface area contributed by atoms with Gasteiger partial charge in [0.1, 0.15) is 5.75 Å². The van der Waals surface area contributed by atoms with E-state index in [9.17, 15) is 0 Å². The summed E-state index contributed by atoms with van der Waals surface area (Å²) in [6, 6.07) is 4.02. The molecule has 0 aliphatic rings. The van der Waals surface area contributed by atoms with Gasteiger partial charge in [0.15, 0.2) is 0 Å². The second-order valence-electron chi connectivity index (χ2n) is 3.87. The molecule has 0 aromatic carbocycles. The molecule has 0 spiro atoms. The van der Waals surface area contributed by atoms with Gasteiger partial charge in [-0.2, -0.15) is 11.8 Å². The molecule has 1 N–H and O–H groups in total. The van der Waals surface area contributed by atoms with Gasteiger partial charge in [0.2, 0.25) is 0 Å². The molecule has 0 unspecified atom stereocenters. The molecule has 1 aromatic rings. The van der Waals surface area contributed by atoms with E-state index in [4.69, 9.17) is 4.74 Å². The summed E-state index contributed by atoms with van der Waals surface area (Å²) < 4.78 is 5.78. The van der Waals surface area contributed by atoms with E-state index < -0.39 is 0 Å². The van der Waals surface area contributed by atoms with Gasteiger partial charge in [-0.05, 0) is 44.0 Å². The van der Waals surface area contributed by atoms with Crippen LogP contribution in [0.5, 0.6) is 5.75 Å². The Morgan fingerprint density at radius 2 is 2.24 bits per heavy atom. The summed E-state index contributed by atoms with van der Waals surface area (Å²) in [4.78, 5) is 4.52. The zero-order valence-corrected chi connectivity index (χ0v) is 11.8. The highest BCUT2D eigenvalue weighted by Crippen LogP contribution is 2.17. The van der Waals surface area contributed by atoms with Crippen molar-refractivity contribution in [1.29, 1.82) is 0 Å². The second-order valence-corrected chi connectivity index (χ2v) is 4.86. The van der Waals surface area contributed by atoms with Gasteiger partial charge in [0, 0.05) is 12.2 Å². The molecule has 0 aliphatic carbocycles. The third-order valence-electron chi connectivity index (χ3n) is 2.36. The molecule has 96 valence electrons. The molecule has 0 saturated carbocycles. The van der Waals surface area contributed by atoms with Crippen molar-refractivity contribution in [2.45, 2.75) is 26.8 Å². The Kier molecular flexibility index (Phi) is 7.05.